The molecule has 0 spiro atoms. The van der Waals surface area contributed by atoms with Crippen LogP contribution in [0.5, 0.6) is 5.75 Å². The van der Waals surface area contributed by atoms with Crippen molar-refractivity contribution in [3.8, 4) is 5.75 Å². The molecule has 2 rings (SSSR count). The molecule has 1 aliphatic rings. The summed E-state index contributed by atoms with van der Waals surface area (Å²) in [5.74, 6) is 1.96. The summed E-state index contributed by atoms with van der Waals surface area (Å²) >= 11 is 0. The number of rotatable bonds is 6. The molecule has 0 bridgehead atoms. The first-order chi connectivity index (χ1) is 10.2. The van der Waals surface area contributed by atoms with E-state index in [4.69, 9.17) is 4.74 Å². The summed E-state index contributed by atoms with van der Waals surface area (Å²) in [5, 5.41) is 3.75. The van der Waals surface area contributed by atoms with Gasteiger partial charge in [-0.25, -0.2) is 0 Å². The number of aryl methyl sites for hydroxylation is 1. The molecule has 21 heavy (non-hydrogen) atoms. The van der Waals surface area contributed by atoms with E-state index in [0.717, 1.165) is 24.7 Å². The van der Waals surface area contributed by atoms with Crippen LogP contribution in [0.15, 0.2) is 18.2 Å². The lowest BCUT2D eigenvalue weighted by Crippen LogP contribution is -2.19. The van der Waals surface area contributed by atoms with Crippen molar-refractivity contribution in [1.82, 2.24) is 0 Å². The van der Waals surface area contributed by atoms with Crippen LogP contribution in [0.25, 0.3) is 0 Å². The van der Waals surface area contributed by atoms with Gasteiger partial charge in [-0.3, -0.25) is 0 Å². The zero-order chi connectivity index (χ0) is 15.1. The smallest absolute Gasteiger partial charge is 0.142 e. The minimum atomic E-state index is 0.605. The molecule has 0 saturated heterocycles. The van der Waals surface area contributed by atoms with Crippen LogP contribution in [-0.2, 0) is 0 Å². The molecule has 1 N–H and O–H groups in total. The van der Waals surface area contributed by atoms with E-state index >= 15 is 0 Å². The number of hydrogen-bond acceptors (Lipinski definition) is 2. The van der Waals surface area contributed by atoms with E-state index in [1.54, 1.807) is 0 Å². The molecule has 0 radical (unpaired) electrons. The summed E-state index contributed by atoms with van der Waals surface area (Å²) in [6, 6.07) is 7.12. The van der Waals surface area contributed by atoms with Crippen LogP contribution in [0.1, 0.15) is 64.4 Å². The van der Waals surface area contributed by atoms with Crippen molar-refractivity contribution < 1.29 is 4.74 Å². The molecule has 0 heterocycles. The largest absolute Gasteiger partial charge is 0.491 e. The summed E-state index contributed by atoms with van der Waals surface area (Å²) in [7, 11) is 0. The summed E-state index contributed by atoms with van der Waals surface area (Å²) in [6.07, 6.45) is 9.09. The SMILES string of the molecule is CCCOc1cc(C)ccc1NC1CCCC(CC)CC1. The fraction of sp³-hybridized carbons (Fsp3) is 0.684. The second kappa shape index (κ2) is 8.31. The summed E-state index contributed by atoms with van der Waals surface area (Å²) in [4.78, 5) is 0. The molecule has 2 unspecified atom stereocenters. The molecule has 0 aromatic heterocycles. The lowest BCUT2D eigenvalue weighted by atomic mass is 9.98. The fourth-order valence-electron chi connectivity index (χ4n) is 3.23. The number of nitrogens with one attached hydrogen (secondary N) is 1. The maximum Gasteiger partial charge on any atom is 0.142 e. The highest BCUT2D eigenvalue weighted by atomic mass is 16.5. The van der Waals surface area contributed by atoms with Crippen molar-refractivity contribution in [1.29, 1.82) is 0 Å². The molecule has 1 aromatic carbocycles. The van der Waals surface area contributed by atoms with E-state index in [9.17, 15) is 0 Å². The third kappa shape index (κ3) is 4.94. The molecule has 1 aliphatic carbocycles. The zero-order valence-corrected chi connectivity index (χ0v) is 14.0. The summed E-state index contributed by atoms with van der Waals surface area (Å²) < 4.78 is 5.92. The first kappa shape index (κ1) is 16.2. The molecule has 2 heteroatoms. The Hall–Kier alpha value is -1.18. The van der Waals surface area contributed by atoms with Crippen molar-refractivity contribution >= 4 is 5.69 Å². The molecular weight excluding hydrogens is 258 g/mol. The third-order valence-electron chi connectivity index (χ3n) is 4.62. The maximum atomic E-state index is 5.92. The van der Waals surface area contributed by atoms with Gasteiger partial charge in [-0.05, 0) is 56.2 Å². The Bertz CT molecular complexity index is 430. The van der Waals surface area contributed by atoms with Gasteiger partial charge in [0.05, 0.1) is 12.3 Å². The van der Waals surface area contributed by atoms with Gasteiger partial charge in [-0.2, -0.15) is 0 Å². The number of hydrogen-bond donors (Lipinski definition) is 1. The van der Waals surface area contributed by atoms with Crippen molar-refractivity contribution in [3.05, 3.63) is 23.8 Å². The van der Waals surface area contributed by atoms with Crippen LogP contribution in [0.4, 0.5) is 5.69 Å². The molecule has 0 amide bonds. The van der Waals surface area contributed by atoms with Gasteiger partial charge in [0.1, 0.15) is 5.75 Å². The lowest BCUT2D eigenvalue weighted by Gasteiger charge is -2.21. The van der Waals surface area contributed by atoms with E-state index in [1.165, 1.54) is 49.8 Å². The highest BCUT2D eigenvalue weighted by molar-refractivity contribution is 5.58. The molecule has 118 valence electrons. The summed E-state index contributed by atoms with van der Waals surface area (Å²) in [6.45, 7) is 7.40. The number of anilines is 1. The second-order valence-electron chi connectivity index (χ2n) is 6.47. The lowest BCUT2D eigenvalue weighted by molar-refractivity contribution is 0.318. The summed E-state index contributed by atoms with van der Waals surface area (Å²) in [5.41, 5.74) is 2.44. The van der Waals surface area contributed by atoms with Gasteiger partial charge in [0.2, 0.25) is 0 Å². The van der Waals surface area contributed by atoms with Gasteiger partial charge in [0.15, 0.2) is 0 Å². The van der Waals surface area contributed by atoms with Crippen LogP contribution in [0, 0.1) is 12.8 Å². The van der Waals surface area contributed by atoms with Crippen molar-refractivity contribution in [2.75, 3.05) is 11.9 Å². The average molecular weight is 289 g/mol. The third-order valence-corrected chi connectivity index (χ3v) is 4.62. The Morgan fingerprint density at radius 3 is 2.76 bits per heavy atom. The van der Waals surface area contributed by atoms with Gasteiger partial charge in [-0.15, -0.1) is 0 Å². The van der Waals surface area contributed by atoms with Gasteiger partial charge >= 0.3 is 0 Å². The van der Waals surface area contributed by atoms with Gasteiger partial charge in [0, 0.05) is 6.04 Å². The number of ether oxygens (including phenoxy) is 1. The Morgan fingerprint density at radius 2 is 2.00 bits per heavy atom. The Kier molecular flexibility index (Phi) is 6.41. The predicted molar refractivity (Wildman–Crippen MR) is 91.2 cm³/mol. The van der Waals surface area contributed by atoms with E-state index in [-0.39, 0.29) is 0 Å². The minimum absolute atomic E-state index is 0.605. The van der Waals surface area contributed by atoms with Crippen LogP contribution in [0.2, 0.25) is 0 Å². The molecule has 0 aliphatic heterocycles. The van der Waals surface area contributed by atoms with Crippen LogP contribution < -0.4 is 10.1 Å². The molecule has 1 aromatic rings. The van der Waals surface area contributed by atoms with E-state index in [0.29, 0.717) is 6.04 Å². The minimum Gasteiger partial charge on any atom is -0.491 e. The van der Waals surface area contributed by atoms with Crippen LogP contribution in [0.3, 0.4) is 0 Å². The van der Waals surface area contributed by atoms with Crippen molar-refractivity contribution in [2.45, 2.75) is 71.8 Å². The monoisotopic (exact) mass is 289 g/mol. The normalized spacial score (nSPS) is 22.6. The Labute approximate surface area is 130 Å². The van der Waals surface area contributed by atoms with Crippen LogP contribution >= 0.6 is 0 Å². The molecule has 2 atom stereocenters. The molecular formula is C19H31NO. The fourth-order valence-corrected chi connectivity index (χ4v) is 3.23. The first-order valence-corrected chi connectivity index (χ1v) is 8.72. The molecule has 2 nitrogen and oxygen atoms in total. The topological polar surface area (TPSA) is 21.3 Å². The number of benzene rings is 1. The van der Waals surface area contributed by atoms with E-state index in [2.05, 4.69) is 44.3 Å². The highest BCUT2D eigenvalue weighted by Gasteiger charge is 2.18. The predicted octanol–water partition coefficient (Wildman–Crippen LogP) is 5.55. The van der Waals surface area contributed by atoms with Gasteiger partial charge in [-0.1, -0.05) is 39.2 Å². The zero-order valence-electron chi connectivity index (χ0n) is 14.0. The molecule has 1 fully saturated rings. The van der Waals surface area contributed by atoms with Crippen LogP contribution in [-0.4, -0.2) is 12.6 Å². The maximum absolute atomic E-state index is 5.92. The average Bonchev–Trinajstić information content (AvgIpc) is 2.72. The highest BCUT2D eigenvalue weighted by Crippen LogP contribution is 2.31. The molecule has 1 saturated carbocycles. The van der Waals surface area contributed by atoms with Gasteiger partial charge in [0.25, 0.3) is 0 Å². The second-order valence-corrected chi connectivity index (χ2v) is 6.47. The standard InChI is InChI=1S/C19H31NO/c1-4-13-21-19-14-15(3)9-12-18(19)20-17-8-6-7-16(5-2)10-11-17/h9,12,14,16-17,20H,4-8,10-11,13H2,1-3H3. The van der Waals surface area contributed by atoms with E-state index in [1.807, 2.05) is 0 Å². The Balaban J connectivity index is 2.01. The van der Waals surface area contributed by atoms with Crippen molar-refractivity contribution in [2.24, 2.45) is 5.92 Å². The van der Waals surface area contributed by atoms with E-state index < -0.39 is 0 Å². The Morgan fingerprint density at radius 1 is 1.14 bits per heavy atom. The quantitative estimate of drug-likeness (QED) is 0.693. The first-order valence-electron chi connectivity index (χ1n) is 8.72. The van der Waals surface area contributed by atoms with Gasteiger partial charge < -0.3 is 10.1 Å². The van der Waals surface area contributed by atoms with Crippen molar-refractivity contribution in [3.63, 3.8) is 0 Å².